The smallest absolute Gasteiger partial charge is 0.260 e. The van der Waals surface area contributed by atoms with Crippen molar-refractivity contribution in [3.63, 3.8) is 0 Å². The maximum atomic E-state index is 5.45. The van der Waals surface area contributed by atoms with Gasteiger partial charge in [0, 0.05) is 6.04 Å². The molecule has 82 valence electrons. The molecular weight excluding hydrogens is 192 g/mol. The number of hydrogen-bond acceptors (Lipinski definition) is 5. The summed E-state index contributed by atoms with van der Waals surface area (Å²) in [7, 11) is 0. The number of nitrogen functional groups attached to an aromatic ring is 1. The molecule has 0 spiro atoms. The highest BCUT2D eigenvalue weighted by atomic mass is 16.5. The number of aromatic nitrogens is 2. The second-order valence-corrected chi connectivity index (χ2v) is 4.60. The molecule has 5 nitrogen and oxygen atoms in total. The summed E-state index contributed by atoms with van der Waals surface area (Å²) >= 11 is 0. The van der Waals surface area contributed by atoms with Crippen LogP contribution in [0, 0.1) is 5.92 Å². The second kappa shape index (κ2) is 3.48. The third kappa shape index (κ3) is 1.61. The van der Waals surface area contributed by atoms with Gasteiger partial charge in [-0.15, -0.1) is 0 Å². The Morgan fingerprint density at radius 3 is 2.93 bits per heavy atom. The van der Waals surface area contributed by atoms with Crippen LogP contribution in [0.15, 0.2) is 4.52 Å². The SMILES string of the molecule is Nc1noc(C2CC3CCCCC3N2)n1. The minimum absolute atomic E-state index is 0.225. The normalized spacial score (nSPS) is 35.3. The van der Waals surface area contributed by atoms with Crippen LogP contribution in [-0.4, -0.2) is 16.2 Å². The van der Waals surface area contributed by atoms with Crippen LogP contribution < -0.4 is 11.1 Å². The Labute approximate surface area is 88.4 Å². The standard InChI is InChI=1S/C10H16N4O/c11-10-13-9(15-14-10)8-5-6-3-1-2-4-7(6)12-8/h6-8,12H,1-5H2,(H2,11,14). The lowest BCUT2D eigenvalue weighted by molar-refractivity contribution is 0.324. The quantitative estimate of drug-likeness (QED) is 0.726. The fourth-order valence-electron chi connectivity index (χ4n) is 2.90. The highest BCUT2D eigenvalue weighted by Gasteiger charge is 2.37. The minimum Gasteiger partial charge on any atom is -0.365 e. The van der Waals surface area contributed by atoms with Crippen molar-refractivity contribution in [2.75, 3.05) is 5.73 Å². The second-order valence-electron chi connectivity index (χ2n) is 4.60. The summed E-state index contributed by atoms with van der Waals surface area (Å²) in [6.07, 6.45) is 6.43. The van der Waals surface area contributed by atoms with Crippen LogP contribution in [0.25, 0.3) is 0 Å². The first-order chi connectivity index (χ1) is 7.33. The molecule has 2 heterocycles. The maximum Gasteiger partial charge on any atom is 0.260 e. The lowest BCUT2D eigenvalue weighted by Gasteiger charge is -2.24. The van der Waals surface area contributed by atoms with Crippen molar-refractivity contribution < 1.29 is 4.52 Å². The number of anilines is 1. The van der Waals surface area contributed by atoms with Gasteiger partial charge >= 0.3 is 0 Å². The van der Waals surface area contributed by atoms with E-state index in [1.165, 1.54) is 25.7 Å². The fourth-order valence-corrected chi connectivity index (χ4v) is 2.90. The highest BCUT2D eigenvalue weighted by Crippen LogP contribution is 2.38. The molecule has 0 bridgehead atoms. The molecule has 5 heteroatoms. The summed E-state index contributed by atoms with van der Waals surface area (Å²) in [5.41, 5.74) is 5.45. The van der Waals surface area contributed by atoms with Gasteiger partial charge in [-0.25, -0.2) is 0 Å². The molecule has 3 N–H and O–H groups in total. The number of rotatable bonds is 1. The van der Waals surface area contributed by atoms with E-state index in [9.17, 15) is 0 Å². The van der Waals surface area contributed by atoms with E-state index in [4.69, 9.17) is 10.3 Å². The van der Waals surface area contributed by atoms with E-state index < -0.39 is 0 Å². The van der Waals surface area contributed by atoms with Gasteiger partial charge in [0.05, 0.1) is 6.04 Å². The molecular formula is C10H16N4O. The predicted octanol–water partition coefficient (Wildman–Crippen LogP) is 1.24. The van der Waals surface area contributed by atoms with Gasteiger partial charge in [0.15, 0.2) is 0 Å². The Morgan fingerprint density at radius 2 is 2.20 bits per heavy atom. The number of nitrogens with one attached hydrogen (secondary N) is 1. The van der Waals surface area contributed by atoms with E-state index in [1.54, 1.807) is 0 Å². The predicted molar refractivity (Wildman–Crippen MR) is 55.0 cm³/mol. The van der Waals surface area contributed by atoms with Gasteiger partial charge in [-0.1, -0.05) is 12.8 Å². The van der Waals surface area contributed by atoms with E-state index in [2.05, 4.69) is 15.5 Å². The lowest BCUT2D eigenvalue weighted by Crippen LogP contribution is -2.30. The van der Waals surface area contributed by atoms with Crippen molar-refractivity contribution in [3.8, 4) is 0 Å². The van der Waals surface area contributed by atoms with Crippen LogP contribution in [0.1, 0.15) is 44.0 Å². The molecule has 1 aromatic rings. The Kier molecular flexibility index (Phi) is 2.12. The number of nitrogens with two attached hydrogens (primary N) is 1. The largest absolute Gasteiger partial charge is 0.365 e. The summed E-state index contributed by atoms with van der Waals surface area (Å²) in [5.74, 6) is 1.68. The summed E-state index contributed by atoms with van der Waals surface area (Å²) in [6.45, 7) is 0. The fraction of sp³-hybridized carbons (Fsp3) is 0.800. The molecule has 1 saturated heterocycles. The van der Waals surface area contributed by atoms with E-state index >= 15 is 0 Å². The molecule has 3 atom stereocenters. The Balaban J connectivity index is 1.74. The first-order valence-electron chi connectivity index (χ1n) is 5.68. The topological polar surface area (TPSA) is 77.0 Å². The monoisotopic (exact) mass is 208 g/mol. The van der Waals surface area contributed by atoms with Crippen molar-refractivity contribution in [2.45, 2.75) is 44.2 Å². The van der Waals surface area contributed by atoms with E-state index in [0.29, 0.717) is 11.9 Å². The van der Waals surface area contributed by atoms with Crippen molar-refractivity contribution in [1.82, 2.24) is 15.5 Å². The molecule has 2 fully saturated rings. The molecule has 3 unspecified atom stereocenters. The van der Waals surface area contributed by atoms with Crippen molar-refractivity contribution in [1.29, 1.82) is 0 Å². The lowest BCUT2D eigenvalue weighted by atomic mass is 9.85. The number of hydrogen-bond donors (Lipinski definition) is 2. The summed E-state index contributed by atoms with van der Waals surface area (Å²) in [5, 5.41) is 7.20. The van der Waals surface area contributed by atoms with Crippen molar-refractivity contribution >= 4 is 5.95 Å². The zero-order valence-electron chi connectivity index (χ0n) is 8.65. The summed E-state index contributed by atoms with van der Waals surface area (Å²) in [4.78, 5) is 4.09. The molecule has 1 aliphatic heterocycles. The van der Waals surface area contributed by atoms with E-state index in [0.717, 1.165) is 12.3 Å². The van der Waals surface area contributed by atoms with Gasteiger partial charge in [-0.2, -0.15) is 4.98 Å². The van der Waals surface area contributed by atoms with E-state index in [-0.39, 0.29) is 12.0 Å². The van der Waals surface area contributed by atoms with Gasteiger partial charge in [0.1, 0.15) is 0 Å². The number of nitrogens with zero attached hydrogens (tertiary/aromatic N) is 2. The zero-order chi connectivity index (χ0) is 10.3. The minimum atomic E-state index is 0.225. The van der Waals surface area contributed by atoms with Gasteiger partial charge in [0.25, 0.3) is 5.95 Å². The molecule has 0 amide bonds. The third-order valence-corrected chi connectivity index (χ3v) is 3.62. The highest BCUT2D eigenvalue weighted by molar-refractivity contribution is 5.13. The zero-order valence-corrected chi connectivity index (χ0v) is 8.65. The first-order valence-corrected chi connectivity index (χ1v) is 5.68. The third-order valence-electron chi connectivity index (χ3n) is 3.62. The molecule has 0 radical (unpaired) electrons. The van der Waals surface area contributed by atoms with Crippen LogP contribution in [0.3, 0.4) is 0 Å². The van der Waals surface area contributed by atoms with Gasteiger partial charge in [0.2, 0.25) is 5.89 Å². The Morgan fingerprint density at radius 1 is 1.33 bits per heavy atom. The molecule has 2 aliphatic rings. The molecule has 0 aromatic carbocycles. The molecule has 1 saturated carbocycles. The van der Waals surface area contributed by atoms with Crippen LogP contribution in [0.4, 0.5) is 5.95 Å². The molecule has 1 aromatic heterocycles. The van der Waals surface area contributed by atoms with Gasteiger partial charge in [-0.3, -0.25) is 0 Å². The summed E-state index contributed by atoms with van der Waals surface area (Å²) < 4.78 is 5.11. The Hall–Kier alpha value is -1.10. The first kappa shape index (κ1) is 9.15. The average Bonchev–Trinajstić information content (AvgIpc) is 2.82. The van der Waals surface area contributed by atoms with E-state index in [1.807, 2.05) is 0 Å². The molecule has 15 heavy (non-hydrogen) atoms. The van der Waals surface area contributed by atoms with Crippen LogP contribution in [0.2, 0.25) is 0 Å². The average molecular weight is 208 g/mol. The number of fused-ring (bicyclic) bond motifs is 1. The van der Waals surface area contributed by atoms with Crippen LogP contribution in [0.5, 0.6) is 0 Å². The van der Waals surface area contributed by atoms with Crippen molar-refractivity contribution in [3.05, 3.63) is 5.89 Å². The Bertz CT molecular complexity index is 337. The summed E-state index contributed by atoms with van der Waals surface area (Å²) in [6, 6.07) is 0.875. The van der Waals surface area contributed by atoms with Crippen LogP contribution >= 0.6 is 0 Å². The molecule has 1 aliphatic carbocycles. The van der Waals surface area contributed by atoms with Crippen LogP contribution in [-0.2, 0) is 0 Å². The van der Waals surface area contributed by atoms with Crippen molar-refractivity contribution in [2.24, 2.45) is 5.92 Å². The molecule has 3 rings (SSSR count). The van der Waals surface area contributed by atoms with Gasteiger partial charge in [-0.05, 0) is 30.3 Å². The maximum absolute atomic E-state index is 5.45. The van der Waals surface area contributed by atoms with Gasteiger partial charge < -0.3 is 15.6 Å².